The second-order valence-corrected chi connectivity index (χ2v) is 4.72. The van der Waals surface area contributed by atoms with Gasteiger partial charge in [0.25, 0.3) is 0 Å². The molecule has 0 saturated carbocycles. The molecule has 0 atom stereocenters. The smallest absolute Gasteiger partial charge is 0.363 e. The van der Waals surface area contributed by atoms with Gasteiger partial charge in [0.15, 0.2) is 6.20 Å². The predicted molar refractivity (Wildman–Crippen MR) is 67.1 cm³/mol. The lowest BCUT2D eigenvalue weighted by Crippen LogP contribution is -2.44. The Labute approximate surface area is 101 Å². The lowest BCUT2D eigenvalue weighted by Gasteiger charge is -2.32. The highest BCUT2D eigenvalue weighted by Gasteiger charge is 2.20. The standard InChI is InChI=1S/C11H18N4O2/c1-11(2,14(3)4)8-13-9-5-6-10(12-7-9)15(16)17/h5-7,13H,8H2,1-4H3. The zero-order valence-electron chi connectivity index (χ0n) is 10.6. The molecule has 0 amide bonds. The van der Waals surface area contributed by atoms with Crippen LogP contribution in [0.3, 0.4) is 0 Å². The van der Waals surface area contributed by atoms with E-state index in [9.17, 15) is 10.1 Å². The first-order chi connectivity index (χ1) is 7.83. The second kappa shape index (κ2) is 5.09. The minimum absolute atomic E-state index is 0.00176. The molecule has 1 heterocycles. The largest absolute Gasteiger partial charge is 0.380 e. The highest BCUT2D eigenvalue weighted by molar-refractivity contribution is 5.43. The number of hydrogen-bond acceptors (Lipinski definition) is 5. The molecule has 0 radical (unpaired) electrons. The molecular weight excluding hydrogens is 220 g/mol. The number of likely N-dealkylation sites (N-methyl/N-ethyl adjacent to an activating group) is 1. The summed E-state index contributed by atoms with van der Waals surface area (Å²) in [6.45, 7) is 4.96. The van der Waals surface area contributed by atoms with Crippen molar-refractivity contribution in [2.45, 2.75) is 19.4 Å². The van der Waals surface area contributed by atoms with Gasteiger partial charge in [-0.15, -0.1) is 0 Å². The molecule has 94 valence electrons. The van der Waals surface area contributed by atoms with Gasteiger partial charge in [-0.2, -0.15) is 0 Å². The number of pyridine rings is 1. The third kappa shape index (κ3) is 3.67. The molecule has 0 fully saturated rings. The molecule has 1 N–H and O–H groups in total. The number of anilines is 1. The molecule has 0 spiro atoms. The maximum Gasteiger partial charge on any atom is 0.363 e. The Kier molecular flexibility index (Phi) is 4.01. The number of rotatable bonds is 5. The Balaban J connectivity index is 2.62. The maximum atomic E-state index is 10.4. The molecule has 17 heavy (non-hydrogen) atoms. The fraction of sp³-hybridized carbons (Fsp3) is 0.545. The minimum atomic E-state index is -0.506. The summed E-state index contributed by atoms with van der Waals surface area (Å²) in [4.78, 5) is 15.8. The summed E-state index contributed by atoms with van der Waals surface area (Å²) in [5.74, 6) is -0.137. The molecule has 0 unspecified atom stereocenters. The van der Waals surface area contributed by atoms with Crippen LogP contribution >= 0.6 is 0 Å². The summed E-state index contributed by atoms with van der Waals surface area (Å²) in [6, 6.07) is 3.06. The normalized spacial score (nSPS) is 11.6. The van der Waals surface area contributed by atoms with Crippen molar-refractivity contribution >= 4 is 11.5 Å². The van der Waals surface area contributed by atoms with E-state index in [-0.39, 0.29) is 11.4 Å². The molecule has 6 heteroatoms. The molecule has 0 aliphatic rings. The van der Waals surface area contributed by atoms with Gasteiger partial charge in [0.05, 0.1) is 5.69 Å². The van der Waals surface area contributed by atoms with Crippen molar-refractivity contribution in [1.82, 2.24) is 9.88 Å². The SMILES string of the molecule is CN(C)C(C)(C)CNc1ccc([N+](=O)[O-])nc1. The average molecular weight is 238 g/mol. The van der Waals surface area contributed by atoms with E-state index in [4.69, 9.17) is 0 Å². The van der Waals surface area contributed by atoms with Gasteiger partial charge >= 0.3 is 5.82 Å². The molecule has 0 aromatic carbocycles. The van der Waals surface area contributed by atoms with E-state index in [0.29, 0.717) is 0 Å². The summed E-state index contributed by atoms with van der Waals surface area (Å²) >= 11 is 0. The van der Waals surface area contributed by atoms with Crippen molar-refractivity contribution in [3.63, 3.8) is 0 Å². The first-order valence-corrected chi connectivity index (χ1v) is 5.35. The number of nitrogens with zero attached hydrogens (tertiary/aromatic N) is 3. The highest BCUT2D eigenvalue weighted by Crippen LogP contribution is 2.14. The van der Waals surface area contributed by atoms with Crippen molar-refractivity contribution in [3.8, 4) is 0 Å². The Bertz CT molecular complexity index is 387. The van der Waals surface area contributed by atoms with Gasteiger partial charge in [0, 0.05) is 18.2 Å². The van der Waals surface area contributed by atoms with Gasteiger partial charge in [-0.3, -0.25) is 0 Å². The molecule has 1 aromatic rings. The summed E-state index contributed by atoms with van der Waals surface area (Å²) < 4.78 is 0. The topological polar surface area (TPSA) is 71.3 Å². The van der Waals surface area contributed by atoms with E-state index in [1.54, 1.807) is 6.07 Å². The lowest BCUT2D eigenvalue weighted by atomic mass is 10.0. The monoisotopic (exact) mass is 238 g/mol. The van der Waals surface area contributed by atoms with Crippen LogP contribution in [0.15, 0.2) is 18.3 Å². The Hall–Kier alpha value is -1.69. The summed E-state index contributed by atoms with van der Waals surface area (Å²) in [5, 5.41) is 13.6. The first-order valence-electron chi connectivity index (χ1n) is 5.35. The first kappa shape index (κ1) is 13.4. The van der Waals surface area contributed by atoms with E-state index in [2.05, 4.69) is 29.0 Å². The zero-order chi connectivity index (χ0) is 13.1. The minimum Gasteiger partial charge on any atom is -0.380 e. The quantitative estimate of drug-likeness (QED) is 0.625. The highest BCUT2D eigenvalue weighted by atomic mass is 16.6. The van der Waals surface area contributed by atoms with Crippen LogP contribution < -0.4 is 5.32 Å². The van der Waals surface area contributed by atoms with Crippen molar-refractivity contribution in [3.05, 3.63) is 28.4 Å². The average Bonchev–Trinajstić information content (AvgIpc) is 2.27. The Morgan fingerprint density at radius 1 is 1.47 bits per heavy atom. The Morgan fingerprint density at radius 2 is 2.12 bits per heavy atom. The van der Waals surface area contributed by atoms with Crippen LogP contribution in [0.1, 0.15) is 13.8 Å². The third-order valence-electron chi connectivity index (χ3n) is 2.87. The molecule has 0 bridgehead atoms. The van der Waals surface area contributed by atoms with E-state index in [0.717, 1.165) is 12.2 Å². The van der Waals surface area contributed by atoms with Crippen LogP contribution in [-0.2, 0) is 0 Å². The molecule has 1 rings (SSSR count). The van der Waals surface area contributed by atoms with Crippen LogP contribution in [0.2, 0.25) is 0 Å². The van der Waals surface area contributed by atoms with Gasteiger partial charge in [-0.25, -0.2) is 0 Å². The van der Waals surface area contributed by atoms with Crippen LogP contribution in [0.5, 0.6) is 0 Å². The van der Waals surface area contributed by atoms with Crippen LogP contribution in [0, 0.1) is 10.1 Å². The van der Waals surface area contributed by atoms with Gasteiger partial charge < -0.3 is 20.3 Å². The van der Waals surface area contributed by atoms with Crippen LogP contribution in [0.25, 0.3) is 0 Å². The summed E-state index contributed by atoms with van der Waals surface area (Å²) in [7, 11) is 4.02. The summed E-state index contributed by atoms with van der Waals surface area (Å²) in [6.07, 6.45) is 1.48. The second-order valence-electron chi connectivity index (χ2n) is 4.72. The van der Waals surface area contributed by atoms with Gasteiger partial charge in [-0.05, 0) is 43.9 Å². The third-order valence-corrected chi connectivity index (χ3v) is 2.87. The fourth-order valence-electron chi connectivity index (χ4n) is 1.08. The van der Waals surface area contributed by atoms with Gasteiger partial charge in [0.1, 0.15) is 0 Å². The summed E-state index contributed by atoms with van der Waals surface area (Å²) in [5.41, 5.74) is 0.785. The van der Waals surface area contributed by atoms with Crippen molar-refractivity contribution in [1.29, 1.82) is 0 Å². The lowest BCUT2D eigenvalue weighted by molar-refractivity contribution is -0.389. The van der Waals surface area contributed by atoms with Crippen LogP contribution in [0.4, 0.5) is 11.5 Å². The van der Waals surface area contributed by atoms with E-state index >= 15 is 0 Å². The molecule has 0 saturated heterocycles. The predicted octanol–water partition coefficient (Wildman–Crippen LogP) is 1.74. The van der Waals surface area contributed by atoms with Gasteiger partial charge in [-0.1, -0.05) is 0 Å². The van der Waals surface area contributed by atoms with Crippen molar-refractivity contribution in [2.75, 3.05) is 26.0 Å². The van der Waals surface area contributed by atoms with E-state index in [1.807, 2.05) is 14.1 Å². The van der Waals surface area contributed by atoms with Crippen molar-refractivity contribution < 1.29 is 4.92 Å². The number of nitrogens with one attached hydrogen (secondary N) is 1. The van der Waals surface area contributed by atoms with E-state index in [1.165, 1.54) is 12.3 Å². The van der Waals surface area contributed by atoms with E-state index < -0.39 is 4.92 Å². The Morgan fingerprint density at radius 3 is 2.53 bits per heavy atom. The fourth-order valence-corrected chi connectivity index (χ4v) is 1.08. The molecule has 0 aliphatic heterocycles. The molecular formula is C11H18N4O2. The molecule has 0 aliphatic carbocycles. The van der Waals surface area contributed by atoms with Crippen LogP contribution in [-0.4, -0.2) is 41.0 Å². The molecule has 1 aromatic heterocycles. The zero-order valence-corrected chi connectivity index (χ0v) is 10.6. The number of aromatic nitrogens is 1. The number of nitro groups is 1. The molecule has 6 nitrogen and oxygen atoms in total. The maximum absolute atomic E-state index is 10.4. The van der Waals surface area contributed by atoms with Crippen molar-refractivity contribution in [2.24, 2.45) is 0 Å². The number of hydrogen-bond donors (Lipinski definition) is 1. The van der Waals surface area contributed by atoms with Gasteiger partial charge in [0.2, 0.25) is 0 Å².